The zero-order valence-electron chi connectivity index (χ0n) is 12.4. The van der Waals surface area contributed by atoms with Crippen molar-refractivity contribution >= 4 is 50.8 Å². The first-order valence-electron chi connectivity index (χ1n) is 6.96. The van der Waals surface area contributed by atoms with Crippen LogP contribution in [0.2, 0.25) is 5.02 Å². The number of fused-ring (bicyclic) bond motifs is 1. The first-order valence-corrected chi connectivity index (χ1v) is 9.03. The van der Waals surface area contributed by atoms with Crippen LogP contribution in [0.1, 0.15) is 27.2 Å². The van der Waals surface area contributed by atoms with E-state index in [1.54, 1.807) is 11.3 Å². The number of nitrogens with zero attached hydrogens (tertiary/aromatic N) is 1. The van der Waals surface area contributed by atoms with Crippen LogP contribution < -0.4 is 5.32 Å². The van der Waals surface area contributed by atoms with Crippen LogP contribution in [-0.2, 0) is 4.79 Å². The third-order valence-electron chi connectivity index (χ3n) is 3.00. The molecule has 0 bridgehead atoms. The van der Waals surface area contributed by atoms with Crippen LogP contribution in [0.5, 0.6) is 0 Å². The number of hydrogen-bond acceptors (Lipinski definition) is 4. The van der Waals surface area contributed by atoms with Crippen LogP contribution in [0.15, 0.2) is 22.5 Å². The van der Waals surface area contributed by atoms with Crippen molar-refractivity contribution in [1.82, 2.24) is 10.3 Å². The quantitative estimate of drug-likeness (QED) is 0.780. The monoisotopic (exact) mass is 342 g/mol. The number of aromatic nitrogens is 1. The topological polar surface area (TPSA) is 42.0 Å². The highest BCUT2D eigenvalue weighted by Gasteiger charge is 2.16. The Morgan fingerprint density at radius 3 is 2.90 bits per heavy atom. The second-order valence-corrected chi connectivity index (χ2v) is 8.38. The predicted molar refractivity (Wildman–Crippen MR) is 92.4 cm³/mol. The van der Waals surface area contributed by atoms with Gasteiger partial charge in [-0.25, -0.2) is 4.98 Å². The van der Waals surface area contributed by atoms with E-state index in [1.165, 1.54) is 11.8 Å². The molecule has 1 amide bonds. The van der Waals surface area contributed by atoms with Crippen LogP contribution in [0, 0.1) is 5.92 Å². The first-order chi connectivity index (χ1) is 9.95. The summed E-state index contributed by atoms with van der Waals surface area (Å²) in [7, 11) is 0. The van der Waals surface area contributed by atoms with Gasteiger partial charge in [0.15, 0.2) is 4.34 Å². The molecule has 21 heavy (non-hydrogen) atoms. The molecule has 1 unspecified atom stereocenters. The molecular weight excluding hydrogens is 324 g/mol. The van der Waals surface area contributed by atoms with Gasteiger partial charge in [0.1, 0.15) is 0 Å². The molecule has 2 aromatic rings. The largest absolute Gasteiger partial charge is 0.355 e. The molecule has 6 heteroatoms. The van der Waals surface area contributed by atoms with E-state index in [0.29, 0.717) is 10.9 Å². The van der Waals surface area contributed by atoms with Crippen LogP contribution >= 0.6 is 34.7 Å². The van der Waals surface area contributed by atoms with Gasteiger partial charge in [0.2, 0.25) is 5.91 Å². The summed E-state index contributed by atoms with van der Waals surface area (Å²) in [5, 5.41) is 3.51. The number of rotatable bonds is 6. The van der Waals surface area contributed by atoms with Gasteiger partial charge in [-0.3, -0.25) is 4.79 Å². The SMILES string of the molecule is CC(C)CCNC(=O)C(C)Sc1nc2cc(Cl)ccc2s1. The summed E-state index contributed by atoms with van der Waals surface area (Å²) < 4.78 is 1.99. The lowest BCUT2D eigenvalue weighted by molar-refractivity contribution is -0.120. The second-order valence-electron chi connectivity index (χ2n) is 5.33. The molecule has 0 saturated heterocycles. The van der Waals surface area contributed by atoms with Crippen LogP contribution in [0.25, 0.3) is 10.2 Å². The molecule has 1 aromatic heterocycles. The van der Waals surface area contributed by atoms with Crippen LogP contribution in [-0.4, -0.2) is 22.7 Å². The molecule has 0 saturated carbocycles. The molecular formula is C15H19ClN2OS2. The molecule has 0 aliphatic rings. The van der Waals surface area contributed by atoms with Crippen molar-refractivity contribution in [2.45, 2.75) is 36.8 Å². The smallest absolute Gasteiger partial charge is 0.233 e. The molecule has 0 radical (unpaired) electrons. The maximum atomic E-state index is 12.0. The average Bonchev–Trinajstić information content (AvgIpc) is 2.79. The third kappa shape index (κ3) is 4.87. The summed E-state index contributed by atoms with van der Waals surface area (Å²) in [6, 6.07) is 5.68. The Kier molecular flexibility index (Phi) is 5.90. The highest BCUT2D eigenvalue weighted by Crippen LogP contribution is 2.33. The summed E-state index contributed by atoms with van der Waals surface area (Å²) in [5.41, 5.74) is 0.891. The van der Waals surface area contributed by atoms with Crippen molar-refractivity contribution in [3.05, 3.63) is 23.2 Å². The zero-order chi connectivity index (χ0) is 15.4. The fraction of sp³-hybridized carbons (Fsp3) is 0.467. The van der Waals surface area contributed by atoms with Gasteiger partial charge >= 0.3 is 0 Å². The maximum Gasteiger partial charge on any atom is 0.233 e. The first kappa shape index (κ1) is 16.6. The van der Waals surface area contributed by atoms with Gasteiger partial charge in [0.25, 0.3) is 0 Å². The van der Waals surface area contributed by atoms with Crippen LogP contribution in [0.4, 0.5) is 0 Å². The van der Waals surface area contributed by atoms with E-state index in [1.807, 2.05) is 25.1 Å². The van der Waals surface area contributed by atoms with Crippen molar-refractivity contribution in [1.29, 1.82) is 0 Å². The number of amides is 1. The molecule has 3 nitrogen and oxygen atoms in total. The lowest BCUT2D eigenvalue weighted by atomic mass is 10.1. The van der Waals surface area contributed by atoms with Crippen molar-refractivity contribution in [3.63, 3.8) is 0 Å². The number of thioether (sulfide) groups is 1. The van der Waals surface area contributed by atoms with E-state index >= 15 is 0 Å². The fourth-order valence-corrected chi connectivity index (χ4v) is 4.14. The number of nitrogens with one attached hydrogen (secondary N) is 1. The van der Waals surface area contributed by atoms with Crippen molar-refractivity contribution in [3.8, 4) is 0 Å². The number of hydrogen-bond donors (Lipinski definition) is 1. The minimum Gasteiger partial charge on any atom is -0.355 e. The number of carbonyl (C=O) groups excluding carboxylic acids is 1. The van der Waals surface area contributed by atoms with Crippen molar-refractivity contribution in [2.24, 2.45) is 5.92 Å². The van der Waals surface area contributed by atoms with Gasteiger partial charge < -0.3 is 5.32 Å². The van der Waals surface area contributed by atoms with Gasteiger partial charge in [-0.15, -0.1) is 11.3 Å². The minimum atomic E-state index is -0.145. The summed E-state index contributed by atoms with van der Waals surface area (Å²) in [5.74, 6) is 0.667. The Morgan fingerprint density at radius 2 is 2.19 bits per heavy atom. The van der Waals surface area contributed by atoms with E-state index < -0.39 is 0 Å². The number of benzene rings is 1. The van der Waals surface area contributed by atoms with Gasteiger partial charge in [0, 0.05) is 11.6 Å². The third-order valence-corrected chi connectivity index (χ3v) is 5.46. The van der Waals surface area contributed by atoms with E-state index in [4.69, 9.17) is 11.6 Å². The van der Waals surface area contributed by atoms with Crippen molar-refractivity contribution in [2.75, 3.05) is 6.54 Å². The van der Waals surface area contributed by atoms with E-state index in [2.05, 4.69) is 24.1 Å². The molecule has 114 valence electrons. The Balaban J connectivity index is 1.94. The number of thiazole rings is 1. The molecule has 1 heterocycles. The van der Waals surface area contributed by atoms with E-state index in [0.717, 1.165) is 27.5 Å². The lowest BCUT2D eigenvalue weighted by Gasteiger charge is -2.11. The molecule has 1 atom stereocenters. The molecule has 1 aromatic carbocycles. The lowest BCUT2D eigenvalue weighted by Crippen LogP contribution is -2.32. The summed E-state index contributed by atoms with van der Waals surface area (Å²) in [6.45, 7) is 6.94. The average molecular weight is 343 g/mol. The van der Waals surface area contributed by atoms with Gasteiger partial charge in [-0.1, -0.05) is 37.2 Å². The second kappa shape index (κ2) is 7.47. The molecule has 0 spiro atoms. The molecule has 0 aliphatic heterocycles. The summed E-state index contributed by atoms with van der Waals surface area (Å²) in [6.07, 6.45) is 1.00. The molecule has 0 aliphatic carbocycles. The zero-order valence-corrected chi connectivity index (χ0v) is 14.7. The van der Waals surface area contributed by atoms with E-state index in [-0.39, 0.29) is 11.2 Å². The summed E-state index contributed by atoms with van der Waals surface area (Å²) in [4.78, 5) is 16.5. The van der Waals surface area contributed by atoms with Crippen molar-refractivity contribution < 1.29 is 4.79 Å². The normalized spacial score (nSPS) is 12.8. The maximum absolute atomic E-state index is 12.0. The van der Waals surface area contributed by atoms with E-state index in [9.17, 15) is 4.79 Å². The van der Waals surface area contributed by atoms with Crippen LogP contribution in [0.3, 0.4) is 0 Å². The minimum absolute atomic E-state index is 0.0675. The molecule has 1 N–H and O–H groups in total. The number of halogens is 1. The Labute approximate surface area is 138 Å². The Hall–Kier alpha value is -0.780. The summed E-state index contributed by atoms with van der Waals surface area (Å²) >= 11 is 9.05. The highest BCUT2D eigenvalue weighted by molar-refractivity contribution is 8.02. The van der Waals surface area contributed by atoms with Gasteiger partial charge in [-0.2, -0.15) is 0 Å². The Morgan fingerprint density at radius 1 is 1.43 bits per heavy atom. The standard InChI is InChI=1S/C15H19ClN2OS2/c1-9(2)6-7-17-14(19)10(3)20-15-18-12-8-11(16)4-5-13(12)21-15/h4-5,8-10H,6-7H2,1-3H3,(H,17,19). The number of carbonyl (C=O) groups is 1. The highest BCUT2D eigenvalue weighted by atomic mass is 35.5. The molecule has 0 fully saturated rings. The predicted octanol–water partition coefficient (Wildman–Crippen LogP) is 4.59. The van der Waals surface area contributed by atoms with Gasteiger partial charge in [0.05, 0.1) is 15.5 Å². The van der Waals surface area contributed by atoms with Gasteiger partial charge in [-0.05, 0) is 37.5 Å². The fourth-order valence-electron chi connectivity index (χ4n) is 1.76. The Bertz CT molecular complexity index is 627. The molecule has 2 rings (SSSR count).